The smallest absolute Gasteiger partial charge is 0.120 e. The molecule has 0 saturated heterocycles. The van der Waals surface area contributed by atoms with E-state index in [1.807, 2.05) is 44.2 Å². The van der Waals surface area contributed by atoms with Crippen LogP contribution in [0.15, 0.2) is 36.4 Å². The zero-order chi connectivity index (χ0) is 16.1. The van der Waals surface area contributed by atoms with Crippen molar-refractivity contribution in [1.82, 2.24) is 5.32 Å². The van der Waals surface area contributed by atoms with Gasteiger partial charge >= 0.3 is 0 Å². The van der Waals surface area contributed by atoms with Crippen molar-refractivity contribution in [1.29, 1.82) is 0 Å². The Morgan fingerprint density at radius 3 is 2.55 bits per heavy atom. The number of methoxy groups -OCH3 is 1. The molecule has 0 aliphatic carbocycles. The molecule has 0 radical (unpaired) electrons. The van der Waals surface area contributed by atoms with Gasteiger partial charge in [-0.25, -0.2) is 0 Å². The van der Waals surface area contributed by atoms with Crippen LogP contribution in [0.1, 0.15) is 28.3 Å². The normalized spacial score (nSPS) is 12.2. The maximum atomic E-state index is 10.0. The van der Waals surface area contributed by atoms with Gasteiger partial charge in [-0.3, -0.25) is 0 Å². The summed E-state index contributed by atoms with van der Waals surface area (Å²) < 4.78 is 5.21. The van der Waals surface area contributed by atoms with Gasteiger partial charge in [0, 0.05) is 12.1 Å². The van der Waals surface area contributed by atoms with E-state index in [4.69, 9.17) is 4.74 Å². The van der Waals surface area contributed by atoms with Crippen LogP contribution in [0, 0.1) is 13.8 Å². The second-order valence-corrected chi connectivity index (χ2v) is 5.46. The van der Waals surface area contributed by atoms with E-state index in [2.05, 4.69) is 5.32 Å². The number of nitrogens with one attached hydrogen (secondary N) is 1. The summed E-state index contributed by atoms with van der Waals surface area (Å²) in [5.41, 5.74) is 3.97. The summed E-state index contributed by atoms with van der Waals surface area (Å²) in [6.45, 7) is 4.44. The zero-order valence-corrected chi connectivity index (χ0v) is 13.3. The van der Waals surface area contributed by atoms with Crippen molar-refractivity contribution in [2.75, 3.05) is 13.7 Å². The molecular formula is C18H23NO3. The van der Waals surface area contributed by atoms with Crippen molar-refractivity contribution >= 4 is 0 Å². The van der Waals surface area contributed by atoms with Gasteiger partial charge in [-0.15, -0.1) is 0 Å². The van der Waals surface area contributed by atoms with Crippen molar-refractivity contribution in [3.8, 4) is 11.5 Å². The average Bonchev–Trinajstić information content (AvgIpc) is 2.53. The molecule has 2 aromatic rings. The van der Waals surface area contributed by atoms with Gasteiger partial charge in [0.15, 0.2) is 0 Å². The molecule has 4 nitrogen and oxygen atoms in total. The van der Waals surface area contributed by atoms with Crippen LogP contribution < -0.4 is 10.1 Å². The Morgan fingerprint density at radius 2 is 1.86 bits per heavy atom. The van der Waals surface area contributed by atoms with E-state index >= 15 is 0 Å². The summed E-state index contributed by atoms with van der Waals surface area (Å²) >= 11 is 0. The molecule has 0 heterocycles. The van der Waals surface area contributed by atoms with Crippen LogP contribution in [0.5, 0.6) is 11.5 Å². The Balaban J connectivity index is 2.12. The zero-order valence-electron chi connectivity index (χ0n) is 13.3. The van der Waals surface area contributed by atoms with Gasteiger partial charge in [0.05, 0.1) is 19.8 Å². The average molecular weight is 301 g/mol. The summed E-state index contributed by atoms with van der Waals surface area (Å²) in [5.74, 6) is 1.03. The second kappa shape index (κ2) is 7.29. The lowest BCUT2D eigenvalue weighted by Gasteiger charge is -2.18. The third-order valence-corrected chi connectivity index (χ3v) is 3.91. The fourth-order valence-electron chi connectivity index (χ4n) is 2.38. The Bertz CT molecular complexity index is 640. The molecule has 118 valence electrons. The number of hydrogen-bond acceptors (Lipinski definition) is 4. The van der Waals surface area contributed by atoms with Gasteiger partial charge < -0.3 is 20.3 Å². The number of hydrogen-bond donors (Lipinski definition) is 3. The minimum Gasteiger partial charge on any atom is -0.508 e. The fourth-order valence-corrected chi connectivity index (χ4v) is 2.38. The predicted octanol–water partition coefficient (Wildman–Crippen LogP) is 2.84. The highest BCUT2D eigenvalue weighted by atomic mass is 16.5. The molecule has 2 aromatic carbocycles. The molecule has 0 amide bonds. The third kappa shape index (κ3) is 3.78. The van der Waals surface area contributed by atoms with Crippen LogP contribution in [-0.2, 0) is 6.54 Å². The lowest BCUT2D eigenvalue weighted by Crippen LogP contribution is -2.24. The Labute approximate surface area is 131 Å². The van der Waals surface area contributed by atoms with Gasteiger partial charge in [0.2, 0.25) is 0 Å². The van der Waals surface area contributed by atoms with Gasteiger partial charge in [0.25, 0.3) is 0 Å². The van der Waals surface area contributed by atoms with E-state index < -0.39 is 0 Å². The van der Waals surface area contributed by atoms with Crippen LogP contribution >= 0.6 is 0 Å². The molecule has 22 heavy (non-hydrogen) atoms. The molecule has 1 atom stereocenters. The first-order valence-electron chi connectivity index (χ1n) is 7.32. The van der Waals surface area contributed by atoms with Crippen LogP contribution in [0.4, 0.5) is 0 Å². The lowest BCUT2D eigenvalue weighted by molar-refractivity contribution is 0.243. The maximum absolute atomic E-state index is 10.0. The second-order valence-electron chi connectivity index (χ2n) is 5.46. The number of rotatable bonds is 6. The highest BCUT2D eigenvalue weighted by molar-refractivity contribution is 5.41. The van der Waals surface area contributed by atoms with Gasteiger partial charge in [-0.05, 0) is 48.7 Å². The van der Waals surface area contributed by atoms with E-state index in [-0.39, 0.29) is 18.4 Å². The minimum atomic E-state index is -0.212. The number of aliphatic hydroxyl groups is 1. The number of aryl methyl sites for hydroxylation is 2. The molecule has 0 bridgehead atoms. The van der Waals surface area contributed by atoms with E-state index in [0.717, 1.165) is 28.0 Å². The predicted molar refractivity (Wildman–Crippen MR) is 87.2 cm³/mol. The highest BCUT2D eigenvalue weighted by Gasteiger charge is 2.12. The molecule has 0 saturated carbocycles. The van der Waals surface area contributed by atoms with E-state index in [1.165, 1.54) is 0 Å². The molecule has 0 spiro atoms. The topological polar surface area (TPSA) is 61.7 Å². The third-order valence-electron chi connectivity index (χ3n) is 3.91. The van der Waals surface area contributed by atoms with Crippen molar-refractivity contribution in [2.45, 2.75) is 26.4 Å². The maximum Gasteiger partial charge on any atom is 0.120 e. The number of benzene rings is 2. The summed E-state index contributed by atoms with van der Waals surface area (Å²) in [6, 6.07) is 11.1. The Kier molecular flexibility index (Phi) is 5.41. The molecule has 0 aliphatic heterocycles. The molecule has 3 N–H and O–H groups in total. The molecule has 0 aromatic heterocycles. The van der Waals surface area contributed by atoms with Crippen molar-refractivity contribution in [3.63, 3.8) is 0 Å². The number of aromatic hydroxyl groups is 1. The largest absolute Gasteiger partial charge is 0.508 e. The molecule has 0 fully saturated rings. The minimum absolute atomic E-state index is 0.0290. The van der Waals surface area contributed by atoms with Gasteiger partial charge in [-0.1, -0.05) is 18.2 Å². The first-order chi connectivity index (χ1) is 10.5. The Morgan fingerprint density at radius 1 is 1.14 bits per heavy atom. The highest BCUT2D eigenvalue weighted by Crippen LogP contribution is 2.24. The number of ether oxygens (including phenoxy) is 1. The first-order valence-corrected chi connectivity index (χ1v) is 7.32. The molecule has 1 unspecified atom stereocenters. The Hall–Kier alpha value is -2.04. The van der Waals surface area contributed by atoms with Gasteiger partial charge in [0.1, 0.15) is 11.5 Å². The number of phenolic OH excluding ortho intramolecular Hbond substituents is 1. The lowest BCUT2D eigenvalue weighted by atomic mass is 10.0. The molecule has 0 aliphatic rings. The van der Waals surface area contributed by atoms with Crippen molar-refractivity contribution in [2.24, 2.45) is 0 Å². The first kappa shape index (κ1) is 16.3. The van der Waals surface area contributed by atoms with Gasteiger partial charge in [-0.2, -0.15) is 0 Å². The number of aliphatic hydroxyl groups excluding tert-OH is 1. The summed E-state index contributed by atoms with van der Waals surface area (Å²) in [6.07, 6.45) is 0. The fraction of sp³-hybridized carbons (Fsp3) is 0.333. The van der Waals surface area contributed by atoms with E-state index in [1.54, 1.807) is 13.2 Å². The molecule has 4 heteroatoms. The van der Waals surface area contributed by atoms with Crippen molar-refractivity contribution in [3.05, 3.63) is 58.7 Å². The monoisotopic (exact) mass is 301 g/mol. The molecular weight excluding hydrogens is 278 g/mol. The number of phenols is 1. The van der Waals surface area contributed by atoms with Crippen LogP contribution in [-0.4, -0.2) is 23.9 Å². The van der Waals surface area contributed by atoms with Crippen LogP contribution in [0.2, 0.25) is 0 Å². The standard InChI is InChI=1S/C18H23NO3/c1-12-7-15(18(21)8-13(12)2)10-19-17(11-20)14-5-4-6-16(9-14)22-3/h4-9,17,19-21H,10-11H2,1-3H3. The SMILES string of the molecule is COc1cccc(C(CO)NCc2cc(C)c(C)cc2O)c1. The van der Waals surface area contributed by atoms with E-state index in [9.17, 15) is 10.2 Å². The van der Waals surface area contributed by atoms with Crippen LogP contribution in [0.25, 0.3) is 0 Å². The summed E-state index contributed by atoms with van der Waals surface area (Å²) in [7, 11) is 1.62. The molecule has 2 rings (SSSR count). The van der Waals surface area contributed by atoms with Crippen LogP contribution in [0.3, 0.4) is 0 Å². The van der Waals surface area contributed by atoms with Crippen molar-refractivity contribution < 1.29 is 14.9 Å². The quantitative estimate of drug-likeness (QED) is 0.768. The van der Waals surface area contributed by atoms with E-state index in [0.29, 0.717) is 6.54 Å². The summed E-state index contributed by atoms with van der Waals surface area (Å²) in [4.78, 5) is 0. The summed E-state index contributed by atoms with van der Waals surface area (Å²) in [5, 5.41) is 22.9.